The van der Waals surface area contributed by atoms with Crippen LogP contribution < -0.4 is 11.2 Å². The van der Waals surface area contributed by atoms with Gasteiger partial charge in [0.05, 0.1) is 13.7 Å². The van der Waals surface area contributed by atoms with E-state index < -0.39 is 0 Å². The molecule has 0 amide bonds. The average molecular weight is 197 g/mol. The molecule has 0 atom stereocenters. The highest BCUT2D eigenvalue weighted by atomic mass is 19.1. The van der Waals surface area contributed by atoms with Crippen LogP contribution in [0.5, 0.6) is 0 Å². The van der Waals surface area contributed by atoms with E-state index in [2.05, 4.69) is 15.3 Å². The van der Waals surface area contributed by atoms with Crippen molar-refractivity contribution in [2.45, 2.75) is 6.54 Å². The van der Waals surface area contributed by atoms with Crippen molar-refractivity contribution in [3.05, 3.63) is 35.6 Å². The van der Waals surface area contributed by atoms with Crippen molar-refractivity contribution in [1.29, 1.82) is 0 Å². The number of hydrogen-bond donors (Lipinski definition) is 2. The second-order valence-corrected chi connectivity index (χ2v) is 2.63. The number of rotatable bonds is 3. The topological polar surface area (TPSA) is 59.6 Å². The molecule has 3 N–H and O–H groups in total. The standard InChI is InChI=1S/C9H12FN3O/c1-14-13-9(11)12-6-7-2-4-8(10)5-3-7/h2-5H,6H2,1H3,(H3,11,12,13). The fourth-order valence-corrected chi connectivity index (χ4v) is 0.903. The summed E-state index contributed by atoms with van der Waals surface area (Å²) < 4.78 is 12.5. The summed E-state index contributed by atoms with van der Waals surface area (Å²) in [6, 6.07) is 6.06. The van der Waals surface area contributed by atoms with Gasteiger partial charge in [-0.3, -0.25) is 4.84 Å². The molecule has 0 bridgehead atoms. The predicted molar refractivity (Wildman–Crippen MR) is 51.9 cm³/mol. The minimum atomic E-state index is -0.263. The molecule has 0 aliphatic carbocycles. The highest BCUT2D eigenvalue weighted by Crippen LogP contribution is 2.03. The highest BCUT2D eigenvalue weighted by Gasteiger charge is 1.93. The lowest BCUT2D eigenvalue weighted by Gasteiger charge is -2.01. The highest BCUT2D eigenvalue weighted by molar-refractivity contribution is 5.76. The van der Waals surface area contributed by atoms with Crippen LogP contribution in [0, 0.1) is 5.82 Å². The van der Waals surface area contributed by atoms with Crippen LogP contribution in [0.15, 0.2) is 29.3 Å². The second kappa shape index (κ2) is 5.18. The van der Waals surface area contributed by atoms with Crippen molar-refractivity contribution < 1.29 is 9.23 Å². The Morgan fingerprint density at radius 3 is 2.71 bits per heavy atom. The first-order valence-electron chi connectivity index (χ1n) is 4.05. The maximum absolute atomic E-state index is 12.5. The van der Waals surface area contributed by atoms with Crippen molar-refractivity contribution in [3.63, 3.8) is 0 Å². The van der Waals surface area contributed by atoms with Gasteiger partial charge in [-0.15, -0.1) is 0 Å². The Hall–Kier alpha value is -1.62. The van der Waals surface area contributed by atoms with Crippen LogP contribution in [0.1, 0.15) is 5.56 Å². The maximum atomic E-state index is 12.5. The predicted octanol–water partition coefficient (Wildman–Crippen LogP) is 0.791. The van der Waals surface area contributed by atoms with Gasteiger partial charge in [-0.1, -0.05) is 12.1 Å². The van der Waals surface area contributed by atoms with Gasteiger partial charge in [0.1, 0.15) is 5.82 Å². The van der Waals surface area contributed by atoms with Gasteiger partial charge in [0, 0.05) is 0 Å². The third-order valence-electron chi connectivity index (χ3n) is 1.55. The number of hydroxylamine groups is 1. The Morgan fingerprint density at radius 1 is 1.50 bits per heavy atom. The largest absolute Gasteiger partial charge is 0.368 e. The monoisotopic (exact) mass is 197 g/mol. The van der Waals surface area contributed by atoms with Crippen LogP contribution in [-0.2, 0) is 11.4 Å². The lowest BCUT2D eigenvalue weighted by atomic mass is 10.2. The zero-order chi connectivity index (χ0) is 10.4. The average Bonchev–Trinajstić information content (AvgIpc) is 2.17. The number of guanidine groups is 1. The Labute approximate surface area is 81.5 Å². The zero-order valence-electron chi connectivity index (χ0n) is 7.83. The molecule has 0 radical (unpaired) electrons. The Bertz CT molecular complexity index is 310. The molecule has 0 fully saturated rings. The van der Waals surface area contributed by atoms with Crippen molar-refractivity contribution in [1.82, 2.24) is 5.48 Å². The van der Waals surface area contributed by atoms with Crippen LogP contribution in [0.4, 0.5) is 4.39 Å². The normalized spacial score (nSPS) is 11.4. The SMILES string of the molecule is CONC(N)=NCc1ccc(F)cc1. The molecular weight excluding hydrogens is 185 g/mol. The minimum absolute atomic E-state index is 0.192. The first-order chi connectivity index (χ1) is 6.72. The third-order valence-corrected chi connectivity index (χ3v) is 1.55. The van der Waals surface area contributed by atoms with Crippen LogP contribution in [0.25, 0.3) is 0 Å². The summed E-state index contributed by atoms with van der Waals surface area (Å²) in [6.45, 7) is 0.391. The van der Waals surface area contributed by atoms with E-state index in [0.717, 1.165) is 5.56 Å². The van der Waals surface area contributed by atoms with E-state index in [1.807, 2.05) is 0 Å². The van der Waals surface area contributed by atoms with Crippen molar-refractivity contribution >= 4 is 5.96 Å². The van der Waals surface area contributed by atoms with Crippen molar-refractivity contribution in [2.75, 3.05) is 7.11 Å². The molecular formula is C9H12FN3O. The van der Waals surface area contributed by atoms with Crippen LogP contribution >= 0.6 is 0 Å². The number of nitrogens with two attached hydrogens (primary N) is 1. The molecule has 0 unspecified atom stereocenters. The molecule has 1 aromatic carbocycles. The van der Waals surface area contributed by atoms with Gasteiger partial charge in [0.25, 0.3) is 0 Å². The van der Waals surface area contributed by atoms with E-state index in [1.165, 1.54) is 19.2 Å². The van der Waals surface area contributed by atoms with Crippen molar-refractivity contribution in [3.8, 4) is 0 Å². The number of aliphatic imine (C=N–C) groups is 1. The quantitative estimate of drug-likeness (QED) is 0.428. The van der Waals surface area contributed by atoms with Gasteiger partial charge in [-0.05, 0) is 17.7 Å². The third kappa shape index (κ3) is 3.40. The molecule has 4 nitrogen and oxygen atoms in total. The number of hydrogen-bond acceptors (Lipinski definition) is 2. The zero-order valence-corrected chi connectivity index (χ0v) is 7.83. The summed E-state index contributed by atoms with van der Waals surface area (Å²) in [4.78, 5) is 8.50. The van der Waals surface area contributed by atoms with Gasteiger partial charge >= 0.3 is 0 Å². The fraction of sp³-hybridized carbons (Fsp3) is 0.222. The summed E-state index contributed by atoms with van der Waals surface area (Å²) in [5.41, 5.74) is 8.66. The van der Waals surface area contributed by atoms with Crippen LogP contribution in [0.2, 0.25) is 0 Å². The lowest BCUT2D eigenvalue weighted by molar-refractivity contribution is 0.143. The van der Waals surface area contributed by atoms with Gasteiger partial charge in [0.15, 0.2) is 0 Å². The van der Waals surface area contributed by atoms with E-state index >= 15 is 0 Å². The summed E-state index contributed by atoms with van der Waals surface area (Å²) in [5, 5.41) is 0. The van der Waals surface area contributed by atoms with Gasteiger partial charge in [0.2, 0.25) is 5.96 Å². The second-order valence-electron chi connectivity index (χ2n) is 2.63. The molecule has 1 aromatic rings. The number of halogens is 1. The van der Waals surface area contributed by atoms with Gasteiger partial charge < -0.3 is 5.73 Å². The Balaban J connectivity index is 2.53. The molecule has 5 heteroatoms. The molecule has 0 aliphatic rings. The summed E-state index contributed by atoms with van der Waals surface area (Å²) >= 11 is 0. The van der Waals surface area contributed by atoms with Crippen LogP contribution in [0.3, 0.4) is 0 Å². The molecule has 0 heterocycles. The summed E-state index contributed by atoms with van der Waals surface area (Å²) in [7, 11) is 1.44. The first-order valence-corrected chi connectivity index (χ1v) is 4.05. The van der Waals surface area contributed by atoms with E-state index in [4.69, 9.17) is 5.73 Å². The van der Waals surface area contributed by atoms with E-state index in [-0.39, 0.29) is 11.8 Å². The number of nitrogens with one attached hydrogen (secondary N) is 1. The lowest BCUT2D eigenvalue weighted by Crippen LogP contribution is -2.30. The Morgan fingerprint density at radius 2 is 2.14 bits per heavy atom. The van der Waals surface area contributed by atoms with Crippen molar-refractivity contribution in [2.24, 2.45) is 10.7 Å². The first kappa shape index (κ1) is 10.5. The van der Waals surface area contributed by atoms with Gasteiger partial charge in [-0.25, -0.2) is 14.9 Å². The van der Waals surface area contributed by atoms with Crippen LogP contribution in [-0.4, -0.2) is 13.1 Å². The molecule has 14 heavy (non-hydrogen) atoms. The molecule has 1 rings (SSSR count). The molecule has 0 saturated heterocycles. The van der Waals surface area contributed by atoms with E-state index in [1.54, 1.807) is 12.1 Å². The molecule has 76 valence electrons. The maximum Gasteiger partial charge on any atom is 0.213 e. The van der Waals surface area contributed by atoms with Gasteiger partial charge in [-0.2, -0.15) is 0 Å². The van der Waals surface area contributed by atoms with E-state index in [9.17, 15) is 4.39 Å². The summed E-state index contributed by atoms with van der Waals surface area (Å²) in [5.74, 6) is -0.0717. The molecule has 0 aliphatic heterocycles. The molecule has 0 spiro atoms. The number of benzene rings is 1. The molecule has 0 aromatic heterocycles. The fourth-order valence-electron chi connectivity index (χ4n) is 0.903. The number of nitrogens with zero attached hydrogens (tertiary/aromatic N) is 1. The summed E-state index contributed by atoms with van der Waals surface area (Å²) in [6.07, 6.45) is 0. The van der Waals surface area contributed by atoms with E-state index in [0.29, 0.717) is 6.54 Å². The smallest absolute Gasteiger partial charge is 0.213 e. The Kier molecular flexibility index (Phi) is 3.87. The molecule has 0 saturated carbocycles. The minimum Gasteiger partial charge on any atom is -0.368 e.